The minimum Gasteiger partial charge on any atom is -0.424 e. The molecule has 0 radical (unpaired) electrons. The zero-order valence-electron chi connectivity index (χ0n) is 25.2. The molecule has 1 aliphatic heterocycles. The molecule has 4 heterocycles. The number of amides is 3. The van der Waals surface area contributed by atoms with Crippen LogP contribution in [0.15, 0.2) is 67.1 Å². The van der Waals surface area contributed by atoms with Gasteiger partial charge in [-0.25, -0.2) is 24.4 Å². The number of aromatic nitrogens is 5. The molecule has 1 saturated heterocycles. The summed E-state index contributed by atoms with van der Waals surface area (Å²) in [5.41, 5.74) is 3.50. The van der Waals surface area contributed by atoms with Gasteiger partial charge >= 0.3 is 12.0 Å². The minimum absolute atomic E-state index is 0.118. The van der Waals surface area contributed by atoms with Crippen LogP contribution in [0, 0.1) is 6.92 Å². The van der Waals surface area contributed by atoms with Crippen LogP contribution in [0.3, 0.4) is 0 Å². The van der Waals surface area contributed by atoms with Crippen molar-refractivity contribution in [3.05, 3.63) is 83.4 Å². The molecule has 11 nitrogen and oxygen atoms in total. The number of hydrogen-bond donors (Lipinski definition) is 2. The average Bonchev–Trinajstić information content (AvgIpc) is 3.75. The quantitative estimate of drug-likeness (QED) is 0.187. The van der Waals surface area contributed by atoms with E-state index in [1.165, 1.54) is 23.7 Å². The summed E-state index contributed by atoms with van der Waals surface area (Å²) in [7, 11) is 0. The summed E-state index contributed by atoms with van der Waals surface area (Å²) in [4.78, 5) is 40.6. The highest BCUT2D eigenvalue weighted by Crippen LogP contribution is 2.34. The number of nitrogens with one attached hydrogen (secondary N) is 2. The summed E-state index contributed by atoms with van der Waals surface area (Å²) < 4.78 is 7.46. The third-order valence-electron chi connectivity index (χ3n) is 7.15. The lowest BCUT2D eigenvalue weighted by Crippen LogP contribution is -2.23. The van der Waals surface area contributed by atoms with Crippen molar-refractivity contribution >= 4 is 51.5 Å². The highest BCUT2D eigenvalue weighted by molar-refractivity contribution is 7.19. The zero-order valence-corrected chi connectivity index (χ0v) is 26.7. The van der Waals surface area contributed by atoms with Crippen molar-refractivity contribution < 1.29 is 14.3 Å². The molecule has 0 saturated carbocycles. The Morgan fingerprint density at radius 1 is 1.02 bits per heavy atom. The Balaban J connectivity index is 1.10. The molecule has 3 aromatic heterocycles. The van der Waals surface area contributed by atoms with E-state index < -0.39 is 6.03 Å². The van der Waals surface area contributed by atoms with Crippen LogP contribution >= 0.6 is 22.9 Å². The fourth-order valence-corrected chi connectivity index (χ4v) is 6.04. The number of carbonyl (C=O) groups excluding carboxylic acids is 2. The summed E-state index contributed by atoms with van der Waals surface area (Å²) in [6.45, 7) is 8.80. The van der Waals surface area contributed by atoms with E-state index in [9.17, 15) is 9.59 Å². The number of thiazole rings is 1. The van der Waals surface area contributed by atoms with Crippen LogP contribution in [0.25, 0.3) is 16.1 Å². The maximum Gasteiger partial charge on any atom is 0.324 e. The molecule has 45 heavy (non-hydrogen) atoms. The van der Waals surface area contributed by atoms with Gasteiger partial charge in [0, 0.05) is 30.6 Å². The Bertz CT molecular complexity index is 1840. The Kier molecular flexibility index (Phi) is 8.26. The molecule has 0 spiro atoms. The highest BCUT2D eigenvalue weighted by Gasteiger charge is 2.25. The number of halogens is 1. The maximum absolute atomic E-state index is 13.0. The Morgan fingerprint density at radius 2 is 1.78 bits per heavy atom. The molecule has 5 aromatic rings. The monoisotopic (exact) mass is 642 g/mol. The second-order valence-electron chi connectivity index (χ2n) is 11.6. The van der Waals surface area contributed by atoms with E-state index in [1.54, 1.807) is 21.8 Å². The Hall–Kier alpha value is -4.81. The van der Waals surface area contributed by atoms with Crippen molar-refractivity contribution in [2.24, 2.45) is 0 Å². The van der Waals surface area contributed by atoms with E-state index in [0.29, 0.717) is 40.9 Å². The van der Waals surface area contributed by atoms with Gasteiger partial charge in [0.05, 0.1) is 39.4 Å². The first kappa shape index (κ1) is 30.2. The van der Waals surface area contributed by atoms with Gasteiger partial charge in [0.25, 0.3) is 0 Å². The number of benzene rings is 2. The summed E-state index contributed by atoms with van der Waals surface area (Å²) in [5, 5.41) is 11.6. The molecule has 230 valence electrons. The first-order chi connectivity index (χ1) is 21.5. The standard InChI is InChI=1S/C32H31ClN8O3S/c1-19-7-5-8-23(33)28(19)41-26(15-25(39-41)32(2,3)4)38-29(43)37-21-16-34-30(35-17-21)44-22-12-10-20(11-13-22)24-18-36-31(45-24)40-14-6-9-27(40)42/h5,7-8,10-13,15-18H,6,9,14H2,1-4H3,(H2,37,38,43). The Labute approximate surface area is 269 Å². The maximum atomic E-state index is 13.0. The first-order valence-corrected chi connectivity index (χ1v) is 15.6. The number of urea groups is 1. The number of carbonyl (C=O) groups is 2. The van der Waals surface area contributed by atoms with Gasteiger partial charge < -0.3 is 10.1 Å². The SMILES string of the molecule is Cc1cccc(Cl)c1-n1nc(C(C)(C)C)cc1NC(=O)Nc1cnc(Oc2ccc(-c3cnc(N4CCCC4=O)s3)cc2)nc1. The van der Waals surface area contributed by atoms with Crippen LogP contribution in [-0.2, 0) is 10.2 Å². The Morgan fingerprint density at radius 3 is 2.44 bits per heavy atom. The normalized spacial score (nSPS) is 13.3. The molecule has 13 heteroatoms. The smallest absolute Gasteiger partial charge is 0.324 e. The van der Waals surface area contributed by atoms with Crippen molar-refractivity contribution in [3.63, 3.8) is 0 Å². The molecule has 0 atom stereocenters. The molecule has 0 unspecified atom stereocenters. The molecule has 1 fully saturated rings. The summed E-state index contributed by atoms with van der Waals surface area (Å²) in [6, 6.07) is 14.5. The number of nitrogens with zero attached hydrogens (tertiary/aromatic N) is 6. The summed E-state index contributed by atoms with van der Waals surface area (Å²) in [5.74, 6) is 1.14. The number of anilines is 3. The van der Waals surface area contributed by atoms with Gasteiger partial charge in [-0.05, 0) is 54.8 Å². The second-order valence-corrected chi connectivity index (χ2v) is 13.0. The molecular weight excluding hydrogens is 612 g/mol. The third kappa shape index (κ3) is 6.66. The molecule has 2 N–H and O–H groups in total. The van der Waals surface area contributed by atoms with Gasteiger partial charge in [-0.1, -0.05) is 55.8 Å². The first-order valence-electron chi connectivity index (χ1n) is 14.4. The van der Waals surface area contributed by atoms with Crippen LogP contribution in [0.4, 0.5) is 21.4 Å². The van der Waals surface area contributed by atoms with E-state index in [4.69, 9.17) is 21.4 Å². The van der Waals surface area contributed by atoms with Crippen LogP contribution in [0.2, 0.25) is 5.02 Å². The topological polar surface area (TPSA) is 127 Å². The lowest BCUT2D eigenvalue weighted by molar-refractivity contribution is -0.117. The van der Waals surface area contributed by atoms with E-state index >= 15 is 0 Å². The van der Waals surface area contributed by atoms with Crippen LogP contribution < -0.4 is 20.3 Å². The molecular formula is C32H31ClN8O3S. The zero-order chi connectivity index (χ0) is 31.7. The van der Waals surface area contributed by atoms with Gasteiger partial charge in [-0.3, -0.25) is 15.0 Å². The summed E-state index contributed by atoms with van der Waals surface area (Å²) in [6.07, 6.45) is 6.14. The minimum atomic E-state index is -0.491. The van der Waals surface area contributed by atoms with Gasteiger partial charge in [0.15, 0.2) is 5.13 Å². The van der Waals surface area contributed by atoms with Gasteiger partial charge in [-0.15, -0.1) is 0 Å². The van der Waals surface area contributed by atoms with Gasteiger partial charge in [-0.2, -0.15) is 5.10 Å². The second kappa shape index (κ2) is 12.3. The third-order valence-corrected chi connectivity index (χ3v) is 8.53. The van der Waals surface area contributed by atoms with E-state index in [1.807, 2.05) is 49.4 Å². The van der Waals surface area contributed by atoms with Gasteiger partial charge in [0.2, 0.25) is 5.91 Å². The molecule has 1 aliphatic rings. The highest BCUT2D eigenvalue weighted by atomic mass is 35.5. The van der Waals surface area contributed by atoms with Crippen molar-refractivity contribution in [1.82, 2.24) is 24.7 Å². The lowest BCUT2D eigenvalue weighted by Gasteiger charge is -2.15. The van der Waals surface area contributed by atoms with Crippen molar-refractivity contribution in [1.29, 1.82) is 0 Å². The van der Waals surface area contributed by atoms with Crippen LogP contribution in [-0.4, -0.2) is 43.2 Å². The molecule has 2 aromatic carbocycles. The molecule has 0 aliphatic carbocycles. The lowest BCUT2D eigenvalue weighted by atomic mass is 9.92. The molecule has 3 amide bonds. The molecule has 0 bridgehead atoms. The number of para-hydroxylation sites is 1. The average molecular weight is 643 g/mol. The van der Waals surface area contributed by atoms with Gasteiger partial charge in [0.1, 0.15) is 11.6 Å². The summed E-state index contributed by atoms with van der Waals surface area (Å²) >= 11 is 8.02. The number of hydrogen-bond acceptors (Lipinski definition) is 8. The fraction of sp³-hybridized carbons (Fsp3) is 0.250. The van der Waals surface area contributed by atoms with Crippen molar-refractivity contribution in [2.45, 2.75) is 46.0 Å². The predicted molar refractivity (Wildman–Crippen MR) is 176 cm³/mol. The molecule has 6 rings (SSSR count). The van der Waals surface area contributed by atoms with Crippen LogP contribution in [0.1, 0.15) is 44.9 Å². The number of ether oxygens (including phenoxy) is 1. The van der Waals surface area contributed by atoms with E-state index in [2.05, 4.69) is 46.4 Å². The number of rotatable bonds is 7. The predicted octanol–water partition coefficient (Wildman–Crippen LogP) is 7.61. The van der Waals surface area contributed by atoms with E-state index in [0.717, 1.165) is 33.3 Å². The van der Waals surface area contributed by atoms with E-state index in [-0.39, 0.29) is 17.3 Å². The number of aryl methyl sites for hydroxylation is 1. The largest absolute Gasteiger partial charge is 0.424 e. The van der Waals surface area contributed by atoms with Crippen molar-refractivity contribution in [3.8, 4) is 27.9 Å². The van der Waals surface area contributed by atoms with Crippen LogP contribution in [0.5, 0.6) is 11.8 Å². The fourth-order valence-electron chi connectivity index (χ4n) is 4.78. The van der Waals surface area contributed by atoms with Crippen molar-refractivity contribution in [2.75, 3.05) is 22.1 Å².